The van der Waals surface area contributed by atoms with Gasteiger partial charge in [-0.1, -0.05) is 32.0 Å². The summed E-state index contributed by atoms with van der Waals surface area (Å²) in [5.41, 5.74) is 2.39. The van der Waals surface area contributed by atoms with Crippen LogP contribution in [0.2, 0.25) is 0 Å². The number of halogens is 1. The zero-order valence-corrected chi connectivity index (χ0v) is 19.1. The van der Waals surface area contributed by atoms with Crippen molar-refractivity contribution in [3.05, 3.63) is 88.4 Å². The van der Waals surface area contributed by atoms with Crippen molar-refractivity contribution in [2.45, 2.75) is 20.3 Å². The molecule has 0 fully saturated rings. The lowest BCUT2D eigenvalue weighted by molar-refractivity contribution is 0.101. The molecular weight excluding hydrogens is 456 g/mol. The fourth-order valence-corrected chi connectivity index (χ4v) is 3.29. The summed E-state index contributed by atoms with van der Waals surface area (Å²) in [6.45, 7) is 4.93. The maximum Gasteiger partial charge on any atom is 0.255 e. The number of hydrogen-bond donors (Lipinski definition) is 2. The number of nitrogens with one attached hydrogen (secondary N) is 2. The third kappa shape index (κ3) is 6.69. The van der Waals surface area contributed by atoms with Crippen molar-refractivity contribution in [1.29, 1.82) is 0 Å². The largest absolute Gasteiger partial charge is 0.492 e. The van der Waals surface area contributed by atoms with Crippen molar-refractivity contribution in [3.8, 4) is 5.75 Å². The Labute approximate surface area is 191 Å². The van der Waals surface area contributed by atoms with Crippen LogP contribution in [0, 0.1) is 5.92 Å². The Balaban J connectivity index is 1.58. The second-order valence-corrected chi connectivity index (χ2v) is 8.38. The quantitative estimate of drug-likeness (QED) is 0.393. The van der Waals surface area contributed by atoms with E-state index in [-0.39, 0.29) is 11.8 Å². The molecule has 0 spiro atoms. The molecule has 0 aliphatic carbocycles. The molecule has 0 aliphatic rings. The summed E-state index contributed by atoms with van der Waals surface area (Å²) in [5.74, 6) is 0.881. The molecule has 0 saturated carbocycles. The number of rotatable bonds is 8. The Morgan fingerprint density at radius 3 is 1.97 bits per heavy atom. The molecule has 0 atom stereocenters. The average molecular weight is 481 g/mol. The Kier molecular flexibility index (Phi) is 7.84. The predicted molar refractivity (Wildman–Crippen MR) is 128 cm³/mol. The summed E-state index contributed by atoms with van der Waals surface area (Å²) >= 11 is 3.47. The van der Waals surface area contributed by atoms with E-state index < -0.39 is 0 Å². The van der Waals surface area contributed by atoms with E-state index in [4.69, 9.17) is 4.74 Å². The average Bonchev–Trinajstić information content (AvgIpc) is 2.76. The fraction of sp³-hybridized carbons (Fsp3) is 0.200. The van der Waals surface area contributed by atoms with E-state index in [1.54, 1.807) is 54.6 Å². The Morgan fingerprint density at radius 2 is 1.42 bits per heavy atom. The molecular formula is C25H25BrN2O3. The molecule has 0 aliphatic heterocycles. The Morgan fingerprint density at radius 1 is 0.839 bits per heavy atom. The lowest BCUT2D eigenvalue weighted by Crippen LogP contribution is -2.13. The van der Waals surface area contributed by atoms with Crippen molar-refractivity contribution < 1.29 is 14.3 Å². The standard InChI is InChI=1S/C25H25BrN2O3/c1-17(2)14-15-31-23-13-8-19(16-22(23)26)25(30)28-21-11-9-20(10-12-21)27-24(29)18-6-4-3-5-7-18/h3-13,16-17H,14-15H2,1-2H3,(H,27,29)(H,28,30). The van der Waals surface area contributed by atoms with Crippen LogP contribution in [0.3, 0.4) is 0 Å². The topological polar surface area (TPSA) is 67.4 Å². The van der Waals surface area contributed by atoms with Crippen LogP contribution in [0.5, 0.6) is 5.75 Å². The molecule has 3 aromatic carbocycles. The van der Waals surface area contributed by atoms with E-state index in [0.717, 1.165) is 16.6 Å². The van der Waals surface area contributed by atoms with Gasteiger partial charge in [0.1, 0.15) is 5.75 Å². The number of hydrogen-bond acceptors (Lipinski definition) is 3. The maximum atomic E-state index is 12.6. The van der Waals surface area contributed by atoms with Crippen LogP contribution in [0.15, 0.2) is 77.3 Å². The summed E-state index contributed by atoms with van der Waals surface area (Å²) in [7, 11) is 0. The number of anilines is 2. The second-order valence-electron chi connectivity index (χ2n) is 7.53. The molecule has 0 heterocycles. The number of carbonyl (C=O) groups excluding carboxylic acids is 2. The summed E-state index contributed by atoms with van der Waals surface area (Å²) < 4.78 is 6.50. The highest BCUT2D eigenvalue weighted by Gasteiger charge is 2.11. The molecule has 0 unspecified atom stereocenters. The van der Waals surface area contributed by atoms with Crippen molar-refractivity contribution >= 4 is 39.1 Å². The molecule has 5 nitrogen and oxygen atoms in total. The summed E-state index contributed by atoms with van der Waals surface area (Å²) in [5, 5.41) is 5.70. The molecule has 160 valence electrons. The van der Waals surface area contributed by atoms with Gasteiger partial charge >= 0.3 is 0 Å². The fourth-order valence-electron chi connectivity index (χ4n) is 2.80. The molecule has 0 aromatic heterocycles. The first kappa shape index (κ1) is 22.6. The van der Waals surface area contributed by atoms with Crippen molar-refractivity contribution in [3.63, 3.8) is 0 Å². The lowest BCUT2D eigenvalue weighted by atomic mass is 10.1. The van der Waals surface area contributed by atoms with Gasteiger partial charge in [0.2, 0.25) is 0 Å². The minimum Gasteiger partial charge on any atom is -0.492 e. The Hall–Kier alpha value is -3.12. The van der Waals surface area contributed by atoms with Crippen LogP contribution in [-0.2, 0) is 0 Å². The number of ether oxygens (including phenoxy) is 1. The van der Waals surface area contributed by atoms with Crippen molar-refractivity contribution in [2.24, 2.45) is 5.92 Å². The number of carbonyl (C=O) groups is 2. The molecule has 6 heteroatoms. The van der Waals surface area contributed by atoms with Crippen LogP contribution in [0.25, 0.3) is 0 Å². The molecule has 2 N–H and O–H groups in total. The molecule has 0 bridgehead atoms. The van der Waals surface area contributed by atoms with Crippen LogP contribution < -0.4 is 15.4 Å². The van der Waals surface area contributed by atoms with Crippen LogP contribution in [0.4, 0.5) is 11.4 Å². The zero-order chi connectivity index (χ0) is 22.2. The van der Waals surface area contributed by atoms with Crippen LogP contribution in [0.1, 0.15) is 41.0 Å². The zero-order valence-electron chi connectivity index (χ0n) is 17.5. The van der Waals surface area contributed by atoms with Crippen LogP contribution >= 0.6 is 15.9 Å². The van der Waals surface area contributed by atoms with Gasteiger partial charge in [0.25, 0.3) is 11.8 Å². The van der Waals surface area contributed by atoms with E-state index in [1.807, 2.05) is 18.2 Å². The van der Waals surface area contributed by atoms with E-state index >= 15 is 0 Å². The summed E-state index contributed by atoms with van der Waals surface area (Å²) in [6.07, 6.45) is 0.969. The number of amides is 2. The monoisotopic (exact) mass is 480 g/mol. The normalized spacial score (nSPS) is 10.6. The highest BCUT2D eigenvalue weighted by molar-refractivity contribution is 9.10. The van der Waals surface area contributed by atoms with Gasteiger partial charge in [0, 0.05) is 22.5 Å². The van der Waals surface area contributed by atoms with E-state index in [0.29, 0.717) is 35.0 Å². The molecule has 0 radical (unpaired) electrons. The van der Waals surface area contributed by atoms with Crippen LogP contribution in [-0.4, -0.2) is 18.4 Å². The first-order valence-electron chi connectivity index (χ1n) is 10.1. The smallest absolute Gasteiger partial charge is 0.255 e. The SMILES string of the molecule is CC(C)CCOc1ccc(C(=O)Nc2ccc(NC(=O)c3ccccc3)cc2)cc1Br. The van der Waals surface area contributed by atoms with Gasteiger partial charge in [0.05, 0.1) is 11.1 Å². The molecule has 3 rings (SSSR count). The molecule has 31 heavy (non-hydrogen) atoms. The minimum atomic E-state index is -0.226. The van der Waals surface area contributed by atoms with E-state index in [1.165, 1.54) is 0 Å². The van der Waals surface area contributed by atoms with Gasteiger partial charge in [-0.2, -0.15) is 0 Å². The first-order chi connectivity index (χ1) is 14.9. The second kappa shape index (κ2) is 10.8. The lowest BCUT2D eigenvalue weighted by Gasteiger charge is -2.11. The molecule has 0 saturated heterocycles. The molecule has 3 aromatic rings. The maximum absolute atomic E-state index is 12.6. The van der Waals surface area contributed by atoms with Crippen molar-refractivity contribution in [1.82, 2.24) is 0 Å². The van der Waals surface area contributed by atoms with E-state index in [9.17, 15) is 9.59 Å². The third-order valence-electron chi connectivity index (χ3n) is 4.58. The predicted octanol–water partition coefficient (Wildman–Crippen LogP) is 6.38. The molecule has 2 amide bonds. The number of benzene rings is 3. The summed E-state index contributed by atoms with van der Waals surface area (Å²) in [4.78, 5) is 24.8. The van der Waals surface area contributed by atoms with E-state index in [2.05, 4.69) is 40.4 Å². The first-order valence-corrected chi connectivity index (χ1v) is 10.9. The van der Waals surface area contributed by atoms with Crippen molar-refractivity contribution in [2.75, 3.05) is 17.2 Å². The van der Waals surface area contributed by atoms with Gasteiger partial charge in [-0.05, 0) is 82.9 Å². The highest BCUT2D eigenvalue weighted by atomic mass is 79.9. The van der Waals surface area contributed by atoms with Gasteiger partial charge in [-0.3, -0.25) is 9.59 Å². The minimum absolute atomic E-state index is 0.182. The highest BCUT2D eigenvalue weighted by Crippen LogP contribution is 2.27. The summed E-state index contributed by atoms with van der Waals surface area (Å²) in [6, 6.07) is 21.3. The van der Waals surface area contributed by atoms with Gasteiger partial charge in [-0.25, -0.2) is 0 Å². The van der Waals surface area contributed by atoms with Gasteiger partial charge in [0.15, 0.2) is 0 Å². The van der Waals surface area contributed by atoms with Gasteiger partial charge < -0.3 is 15.4 Å². The Bertz CT molecular complexity index is 1030. The third-order valence-corrected chi connectivity index (χ3v) is 5.20. The van der Waals surface area contributed by atoms with Gasteiger partial charge in [-0.15, -0.1) is 0 Å².